The van der Waals surface area contributed by atoms with E-state index in [1.165, 1.54) is 5.56 Å². The summed E-state index contributed by atoms with van der Waals surface area (Å²) in [6.45, 7) is 5.83. The molecule has 6 nitrogen and oxygen atoms in total. The van der Waals surface area contributed by atoms with Crippen molar-refractivity contribution in [2.24, 2.45) is 0 Å². The summed E-state index contributed by atoms with van der Waals surface area (Å²) in [6.07, 6.45) is 1.06. The highest BCUT2D eigenvalue weighted by molar-refractivity contribution is 5.55. The molecule has 0 saturated carbocycles. The van der Waals surface area contributed by atoms with Crippen molar-refractivity contribution in [1.82, 2.24) is 25.2 Å². The molecule has 3 aromatic rings. The van der Waals surface area contributed by atoms with Crippen LogP contribution in [0.5, 0.6) is 0 Å². The van der Waals surface area contributed by atoms with Crippen molar-refractivity contribution in [2.45, 2.75) is 32.9 Å². The third kappa shape index (κ3) is 2.77. The number of benzene rings is 1. The smallest absolute Gasteiger partial charge is 0.244 e. The first-order valence-electron chi connectivity index (χ1n) is 7.86. The predicted molar refractivity (Wildman–Crippen MR) is 85.9 cm³/mol. The van der Waals surface area contributed by atoms with Crippen LogP contribution in [-0.4, -0.2) is 26.5 Å². The first-order valence-corrected chi connectivity index (χ1v) is 7.86. The molecule has 3 heterocycles. The Morgan fingerprint density at radius 2 is 2.17 bits per heavy atom. The van der Waals surface area contributed by atoms with Crippen molar-refractivity contribution < 1.29 is 4.52 Å². The fourth-order valence-electron chi connectivity index (χ4n) is 2.81. The van der Waals surface area contributed by atoms with Crippen LogP contribution < -0.4 is 5.32 Å². The third-order valence-corrected chi connectivity index (χ3v) is 4.18. The fourth-order valence-corrected chi connectivity index (χ4v) is 2.81. The summed E-state index contributed by atoms with van der Waals surface area (Å²) < 4.78 is 7.37. The highest BCUT2D eigenvalue weighted by Crippen LogP contribution is 2.24. The van der Waals surface area contributed by atoms with Gasteiger partial charge in [-0.25, -0.2) is 0 Å². The maximum absolute atomic E-state index is 5.36. The van der Waals surface area contributed by atoms with Gasteiger partial charge >= 0.3 is 0 Å². The van der Waals surface area contributed by atoms with E-state index in [1.54, 1.807) is 0 Å². The van der Waals surface area contributed by atoms with Gasteiger partial charge in [0.15, 0.2) is 0 Å². The van der Waals surface area contributed by atoms with Crippen LogP contribution in [0.3, 0.4) is 0 Å². The van der Waals surface area contributed by atoms with E-state index >= 15 is 0 Å². The molecule has 1 aliphatic heterocycles. The van der Waals surface area contributed by atoms with Gasteiger partial charge in [-0.15, -0.1) is 0 Å². The minimum Gasteiger partial charge on any atom is -0.337 e. The van der Waals surface area contributed by atoms with E-state index in [2.05, 4.69) is 45.7 Å². The van der Waals surface area contributed by atoms with Crippen LogP contribution in [0.4, 0.5) is 0 Å². The summed E-state index contributed by atoms with van der Waals surface area (Å²) in [4.78, 5) is 4.51. The molecule has 1 fully saturated rings. The van der Waals surface area contributed by atoms with Gasteiger partial charge in [-0.1, -0.05) is 23.4 Å². The van der Waals surface area contributed by atoms with Gasteiger partial charge in [-0.3, -0.25) is 4.68 Å². The number of nitrogens with zero attached hydrogens (tertiary/aromatic N) is 4. The van der Waals surface area contributed by atoms with E-state index in [0.717, 1.165) is 36.5 Å². The van der Waals surface area contributed by atoms with E-state index in [0.29, 0.717) is 11.7 Å². The van der Waals surface area contributed by atoms with Gasteiger partial charge < -0.3 is 9.84 Å². The SMILES string of the molecule is Cc1cc(C)n(Cc2cccc(-c3noc([C@H]4CCN4)n3)c2)n1. The molecule has 0 radical (unpaired) electrons. The molecule has 1 aromatic carbocycles. The van der Waals surface area contributed by atoms with E-state index < -0.39 is 0 Å². The minimum absolute atomic E-state index is 0.217. The first-order chi connectivity index (χ1) is 11.2. The van der Waals surface area contributed by atoms with E-state index in [1.807, 2.05) is 23.7 Å². The molecule has 0 amide bonds. The number of aromatic nitrogens is 4. The topological polar surface area (TPSA) is 68.8 Å². The Kier molecular flexibility index (Phi) is 3.46. The monoisotopic (exact) mass is 309 g/mol. The molecule has 1 aliphatic rings. The van der Waals surface area contributed by atoms with Gasteiger partial charge in [0.2, 0.25) is 11.7 Å². The summed E-state index contributed by atoms with van der Waals surface area (Å²) in [6, 6.07) is 10.5. The molecule has 4 rings (SSSR count). The highest BCUT2D eigenvalue weighted by Gasteiger charge is 2.24. The normalized spacial score (nSPS) is 17.2. The zero-order chi connectivity index (χ0) is 15.8. The third-order valence-electron chi connectivity index (χ3n) is 4.18. The lowest BCUT2D eigenvalue weighted by Gasteiger charge is -2.23. The second-order valence-electron chi connectivity index (χ2n) is 6.04. The van der Waals surface area contributed by atoms with Crippen LogP contribution in [0.25, 0.3) is 11.4 Å². The van der Waals surface area contributed by atoms with Gasteiger partial charge in [0.25, 0.3) is 0 Å². The summed E-state index contributed by atoms with van der Waals surface area (Å²) in [7, 11) is 0. The van der Waals surface area contributed by atoms with Crippen LogP contribution in [0, 0.1) is 13.8 Å². The van der Waals surface area contributed by atoms with Crippen molar-refractivity contribution >= 4 is 0 Å². The van der Waals surface area contributed by atoms with Crippen LogP contribution in [-0.2, 0) is 6.54 Å². The highest BCUT2D eigenvalue weighted by atomic mass is 16.5. The van der Waals surface area contributed by atoms with E-state index in [9.17, 15) is 0 Å². The molecule has 1 N–H and O–H groups in total. The summed E-state index contributed by atoms with van der Waals surface area (Å²) in [5.74, 6) is 1.32. The molecular formula is C17H19N5O. The summed E-state index contributed by atoms with van der Waals surface area (Å²) in [5, 5.41) is 11.9. The predicted octanol–water partition coefficient (Wildman–Crippen LogP) is 2.63. The van der Waals surface area contributed by atoms with Gasteiger partial charge in [-0.2, -0.15) is 10.1 Å². The molecule has 23 heavy (non-hydrogen) atoms. The van der Waals surface area contributed by atoms with Crippen molar-refractivity contribution in [3.63, 3.8) is 0 Å². The molecule has 118 valence electrons. The number of nitrogens with one attached hydrogen (secondary N) is 1. The quantitative estimate of drug-likeness (QED) is 0.802. The Labute approximate surface area is 134 Å². The number of hydrogen-bond acceptors (Lipinski definition) is 5. The standard InChI is InChI=1S/C17H19N5O/c1-11-8-12(2)22(20-11)10-13-4-3-5-14(9-13)16-19-17(23-21-16)15-6-7-18-15/h3-5,8-9,15,18H,6-7,10H2,1-2H3/t15-/m1/s1. The average molecular weight is 309 g/mol. The van der Waals surface area contributed by atoms with Crippen molar-refractivity contribution in [3.8, 4) is 11.4 Å². The number of aryl methyl sites for hydroxylation is 2. The maximum Gasteiger partial charge on any atom is 0.244 e. The molecule has 0 bridgehead atoms. The van der Waals surface area contributed by atoms with Crippen LogP contribution >= 0.6 is 0 Å². The number of rotatable bonds is 4. The molecule has 6 heteroatoms. The molecule has 0 unspecified atom stereocenters. The maximum atomic E-state index is 5.36. The minimum atomic E-state index is 0.217. The second-order valence-corrected chi connectivity index (χ2v) is 6.04. The molecular weight excluding hydrogens is 290 g/mol. The molecule has 0 aliphatic carbocycles. The Morgan fingerprint density at radius 3 is 2.87 bits per heavy atom. The molecule has 0 spiro atoms. The summed E-state index contributed by atoms with van der Waals surface area (Å²) >= 11 is 0. The van der Waals surface area contributed by atoms with Crippen molar-refractivity contribution in [1.29, 1.82) is 0 Å². The number of hydrogen-bond donors (Lipinski definition) is 1. The fraction of sp³-hybridized carbons (Fsp3) is 0.353. The van der Waals surface area contributed by atoms with Crippen LogP contribution in [0.1, 0.15) is 35.3 Å². The zero-order valence-corrected chi connectivity index (χ0v) is 13.3. The van der Waals surface area contributed by atoms with Crippen molar-refractivity contribution in [2.75, 3.05) is 6.54 Å². The van der Waals surface area contributed by atoms with Gasteiger partial charge in [0, 0.05) is 11.3 Å². The molecule has 1 saturated heterocycles. The van der Waals surface area contributed by atoms with E-state index in [-0.39, 0.29) is 6.04 Å². The second kappa shape index (κ2) is 5.62. The first kappa shape index (κ1) is 14.1. The van der Waals surface area contributed by atoms with Crippen LogP contribution in [0.2, 0.25) is 0 Å². The lowest BCUT2D eigenvalue weighted by Crippen LogP contribution is -2.35. The average Bonchev–Trinajstić information content (AvgIpc) is 3.05. The van der Waals surface area contributed by atoms with Gasteiger partial charge in [0.05, 0.1) is 18.3 Å². The largest absolute Gasteiger partial charge is 0.337 e. The Bertz CT molecular complexity index is 831. The van der Waals surface area contributed by atoms with Crippen molar-refractivity contribution in [3.05, 3.63) is 53.2 Å². The Balaban J connectivity index is 1.58. The zero-order valence-electron chi connectivity index (χ0n) is 13.3. The van der Waals surface area contributed by atoms with Gasteiger partial charge in [-0.05, 0) is 44.5 Å². The molecule has 2 aromatic heterocycles. The lowest BCUT2D eigenvalue weighted by atomic mass is 10.1. The lowest BCUT2D eigenvalue weighted by molar-refractivity contribution is 0.273. The van der Waals surface area contributed by atoms with E-state index in [4.69, 9.17) is 4.52 Å². The molecule has 1 atom stereocenters. The van der Waals surface area contributed by atoms with Crippen LogP contribution in [0.15, 0.2) is 34.9 Å². The Morgan fingerprint density at radius 1 is 1.30 bits per heavy atom. The van der Waals surface area contributed by atoms with Gasteiger partial charge in [0.1, 0.15) is 0 Å². The Hall–Kier alpha value is -2.47. The summed E-state index contributed by atoms with van der Waals surface area (Å²) in [5.41, 5.74) is 4.33.